The Kier molecular flexibility index (Phi) is 11.2. The molecule has 3 saturated heterocycles. The van der Waals surface area contributed by atoms with Gasteiger partial charge in [0.1, 0.15) is 23.9 Å². The number of H-pyrrole nitrogens is 2. The summed E-state index contributed by atoms with van der Waals surface area (Å²) in [6.07, 6.45) is 16.3. The molecule has 4 aliphatic rings. The van der Waals surface area contributed by atoms with Crippen molar-refractivity contribution >= 4 is 22.8 Å². The summed E-state index contributed by atoms with van der Waals surface area (Å²) in [6, 6.07) is 20.8. The van der Waals surface area contributed by atoms with Crippen LogP contribution < -0.4 is 5.32 Å². The fraction of sp³-hybridized carbons (Fsp3) is 0.417. The molecule has 5 aromatic rings. The quantitative estimate of drug-likeness (QED) is 0.112. The number of amides is 2. The minimum Gasteiger partial charge on any atom is -0.453 e. The fourth-order valence-corrected chi connectivity index (χ4v) is 10.1. The lowest BCUT2D eigenvalue weighted by atomic mass is 9.76. The van der Waals surface area contributed by atoms with E-state index < -0.39 is 18.4 Å². The number of allylic oxidation sites excluding steroid dienone is 3. The normalized spacial score (nSPS) is 24.2. The van der Waals surface area contributed by atoms with E-state index in [0.717, 1.165) is 101 Å². The maximum absolute atomic E-state index is 13.6. The van der Waals surface area contributed by atoms with E-state index in [2.05, 4.69) is 117 Å². The fourth-order valence-electron chi connectivity index (χ4n) is 10.1. The number of likely N-dealkylation sites (tertiary alicyclic amines) is 3. The molecule has 0 bridgehead atoms. The molecule has 2 aromatic heterocycles. The van der Waals surface area contributed by atoms with Crippen molar-refractivity contribution in [3.8, 4) is 33.6 Å². The number of aliphatic hydroxyl groups is 1. The number of methoxy groups -OCH3 is 1. The number of nitrogens with zero attached hydrogens (tertiary/aromatic N) is 5. The van der Waals surface area contributed by atoms with Crippen LogP contribution in [0.5, 0.6) is 0 Å². The van der Waals surface area contributed by atoms with Gasteiger partial charge in [0, 0.05) is 24.6 Å². The Hall–Kier alpha value is -5.56. The number of aromatic amines is 2. The number of rotatable bonds is 10. The van der Waals surface area contributed by atoms with Gasteiger partial charge in [0.2, 0.25) is 5.91 Å². The number of carbonyl (C=O) groups is 2. The van der Waals surface area contributed by atoms with E-state index in [0.29, 0.717) is 18.4 Å². The second-order valence-corrected chi connectivity index (χ2v) is 17.3. The van der Waals surface area contributed by atoms with Crippen LogP contribution >= 0.6 is 0 Å². The van der Waals surface area contributed by atoms with E-state index in [1.165, 1.54) is 7.11 Å². The Morgan fingerprint density at radius 1 is 0.783 bits per heavy atom. The molecular formula is C48H56N8O4. The summed E-state index contributed by atoms with van der Waals surface area (Å²) in [5.74, 6) is 2.24. The topological polar surface area (TPSA) is 143 Å². The molecule has 4 N–H and O–H groups in total. The van der Waals surface area contributed by atoms with E-state index in [9.17, 15) is 14.7 Å². The van der Waals surface area contributed by atoms with Gasteiger partial charge in [-0.3, -0.25) is 14.6 Å². The third kappa shape index (κ3) is 7.68. The Morgan fingerprint density at radius 2 is 1.40 bits per heavy atom. The van der Waals surface area contributed by atoms with Crippen molar-refractivity contribution in [2.75, 3.05) is 33.8 Å². The van der Waals surface area contributed by atoms with Crippen LogP contribution in [0.15, 0.2) is 97.4 Å². The molecule has 0 radical (unpaired) electrons. The number of fused-ring (bicyclic) bond motifs is 2. The summed E-state index contributed by atoms with van der Waals surface area (Å²) in [4.78, 5) is 48.8. The van der Waals surface area contributed by atoms with E-state index >= 15 is 0 Å². The zero-order valence-electron chi connectivity index (χ0n) is 34.9. The van der Waals surface area contributed by atoms with Crippen LogP contribution in [0.25, 0.3) is 44.4 Å². The number of hydrogen-bond donors (Lipinski definition) is 4. The van der Waals surface area contributed by atoms with Gasteiger partial charge in [-0.1, -0.05) is 86.7 Å². The number of imidazole rings is 2. The van der Waals surface area contributed by atoms with Gasteiger partial charge in [-0.2, -0.15) is 0 Å². The van der Waals surface area contributed by atoms with E-state index in [4.69, 9.17) is 14.7 Å². The molecule has 9 rings (SSSR count). The highest BCUT2D eigenvalue weighted by molar-refractivity contribution is 5.91. The maximum Gasteiger partial charge on any atom is 0.407 e. The number of hydrogen-bond acceptors (Lipinski definition) is 8. The Morgan fingerprint density at radius 3 is 2.13 bits per heavy atom. The second kappa shape index (κ2) is 16.8. The molecular weight excluding hydrogens is 753 g/mol. The molecule has 2 amide bonds. The molecule has 0 spiro atoms. The minimum absolute atomic E-state index is 0.0471. The predicted octanol–water partition coefficient (Wildman–Crippen LogP) is 7.85. The van der Waals surface area contributed by atoms with Crippen molar-refractivity contribution in [2.24, 2.45) is 17.8 Å². The average molecular weight is 809 g/mol. The van der Waals surface area contributed by atoms with Crippen LogP contribution in [0.2, 0.25) is 0 Å². The third-order valence-corrected chi connectivity index (χ3v) is 13.4. The van der Waals surface area contributed by atoms with Gasteiger partial charge in [0.15, 0.2) is 0 Å². The first-order valence-corrected chi connectivity index (χ1v) is 21.6. The zero-order chi connectivity index (χ0) is 41.5. The summed E-state index contributed by atoms with van der Waals surface area (Å²) in [7, 11) is 3.45. The van der Waals surface area contributed by atoms with Crippen molar-refractivity contribution in [3.05, 3.63) is 109 Å². The lowest BCUT2D eigenvalue weighted by Crippen LogP contribution is -2.57. The van der Waals surface area contributed by atoms with Crippen LogP contribution in [0, 0.1) is 17.8 Å². The van der Waals surface area contributed by atoms with Crippen molar-refractivity contribution < 1.29 is 19.4 Å². The molecule has 5 heterocycles. The first-order chi connectivity index (χ1) is 29.2. The molecule has 60 heavy (non-hydrogen) atoms. The number of likely N-dealkylation sites (N-methyl/N-ethyl adjacent to an activating group) is 1. The third-order valence-electron chi connectivity index (χ3n) is 13.4. The van der Waals surface area contributed by atoms with Crippen molar-refractivity contribution in [2.45, 2.75) is 76.3 Å². The number of ether oxygens (including phenoxy) is 1. The monoisotopic (exact) mass is 808 g/mol. The van der Waals surface area contributed by atoms with Gasteiger partial charge in [0.05, 0.1) is 49.0 Å². The van der Waals surface area contributed by atoms with Crippen LogP contribution in [-0.2, 0) is 9.53 Å². The molecule has 0 saturated carbocycles. The summed E-state index contributed by atoms with van der Waals surface area (Å²) < 4.78 is 4.78. The number of benzene rings is 3. The van der Waals surface area contributed by atoms with Gasteiger partial charge in [0.25, 0.3) is 0 Å². The number of alkyl carbamates (subject to hydrolysis) is 1. The van der Waals surface area contributed by atoms with Crippen LogP contribution in [-0.4, -0.2) is 104 Å². The highest BCUT2D eigenvalue weighted by atomic mass is 16.5. The summed E-state index contributed by atoms with van der Waals surface area (Å²) in [5, 5.41) is 16.9. The number of aromatic nitrogens is 4. The summed E-state index contributed by atoms with van der Waals surface area (Å²) in [6.45, 7) is 6.29. The largest absolute Gasteiger partial charge is 0.453 e. The molecule has 312 valence electrons. The SMILES string of the molecule is COC(=O)N[C@H](C(=O)N1CCCC1c1ncc(-c2ccc3cc(-c4ccc(-c5cnc([C@H]6CCCN6C(O)[C@H]6C7C=CC=C[C@H]7CCN6C)[nH]5)cc4)ccc3c2)[nH]1)C(C)C. The van der Waals surface area contributed by atoms with Crippen LogP contribution in [0.3, 0.4) is 0 Å². The molecule has 1 aliphatic carbocycles. The molecule has 3 aromatic carbocycles. The molecule has 3 aliphatic heterocycles. The van der Waals surface area contributed by atoms with Crippen LogP contribution in [0.4, 0.5) is 4.79 Å². The summed E-state index contributed by atoms with van der Waals surface area (Å²) in [5.41, 5.74) is 6.22. The molecule has 3 fully saturated rings. The summed E-state index contributed by atoms with van der Waals surface area (Å²) >= 11 is 0. The Balaban J connectivity index is 0.867. The number of piperidine rings is 1. The molecule has 12 nitrogen and oxygen atoms in total. The maximum atomic E-state index is 13.6. The Labute approximate surface area is 351 Å². The Bertz CT molecular complexity index is 2400. The highest BCUT2D eigenvalue weighted by Gasteiger charge is 2.44. The number of carbonyl (C=O) groups excluding carboxylic acids is 2. The molecule has 12 heteroatoms. The van der Waals surface area contributed by atoms with E-state index in [1.54, 1.807) is 0 Å². The minimum atomic E-state index is -0.676. The van der Waals surface area contributed by atoms with Crippen molar-refractivity contribution in [1.29, 1.82) is 0 Å². The first-order valence-electron chi connectivity index (χ1n) is 21.6. The van der Waals surface area contributed by atoms with Crippen molar-refractivity contribution in [3.63, 3.8) is 0 Å². The molecule has 7 atom stereocenters. The van der Waals surface area contributed by atoms with Crippen LogP contribution in [0.1, 0.15) is 69.7 Å². The van der Waals surface area contributed by atoms with E-state index in [-0.39, 0.29) is 30.0 Å². The zero-order valence-corrected chi connectivity index (χ0v) is 34.9. The number of aliphatic hydroxyl groups excluding tert-OH is 1. The number of nitrogens with one attached hydrogen (secondary N) is 3. The van der Waals surface area contributed by atoms with Gasteiger partial charge >= 0.3 is 6.09 Å². The lowest BCUT2D eigenvalue weighted by Gasteiger charge is -2.47. The molecule has 3 unspecified atom stereocenters. The first kappa shape index (κ1) is 39.9. The average Bonchev–Trinajstić information content (AvgIpc) is 4.12. The highest BCUT2D eigenvalue weighted by Crippen LogP contribution is 2.40. The lowest BCUT2D eigenvalue weighted by molar-refractivity contribution is -0.135. The predicted molar refractivity (Wildman–Crippen MR) is 233 cm³/mol. The smallest absolute Gasteiger partial charge is 0.407 e. The van der Waals surface area contributed by atoms with E-state index in [1.807, 2.05) is 31.1 Å². The second-order valence-electron chi connectivity index (χ2n) is 17.3. The van der Waals surface area contributed by atoms with Crippen molar-refractivity contribution in [1.82, 2.24) is 40.0 Å². The van der Waals surface area contributed by atoms with Gasteiger partial charge < -0.3 is 30.0 Å². The standard InChI is InChI=1S/C48H56N8O4/c1-29(2)42(53-48(59)60-4)46(57)55-22-7-11-40(55)44-50-28-39(52-44)36-20-19-34-25-33(17-18-35(34)26-36)30-13-15-32(16-14-30)38-27-49-45(51-38)41-12-8-23-56(41)47(58)43-37-10-6-5-9-31(37)21-24-54(43)3/h5-6,9-10,13-20,25-29,31,37,40-43,47,58H,7-8,11-12,21-24H2,1-4H3,(H,49,51)(H,50,52)(H,53,59)/t31-,37?,40?,41+,42-,43+,47?/m0/s1. The van der Waals surface area contributed by atoms with Gasteiger partial charge in [-0.15, -0.1) is 0 Å². The van der Waals surface area contributed by atoms with Gasteiger partial charge in [-0.25, -0.2) is 14.8 Å². The van der Waals surface area contributed by atoms with Gasteiger partial charge in [-0.05, 0) is 97.1 Å².